The van der Waals surface area contributed by atoms with E-state index in [-0.39, 0.29) is 24.0 Å². The molecular formula is C18H23IN6O3S. The van der Waals surface area contributed by atoms with E-state index in [1.165, 1.54) is 6.26 Å². The Balaban J connectivity index is 0.00000300. The number of nitrogens with one attached hydrogen (secondary N) is 3. The zero-order chi connectivity index (χ0) is 20.1. The van der Waals surface area contributed by atoms with Gasteiger partial charge < -0.3 is 15.1 Å². The molecule has 29 heavy (non-hydrogen) atoms. The maximum atomic E-state index is 11.7. The molecule has 2 aromatic heterocycles. The average molecular weight is 530 g/mol. The Hall–Kier alpha value is -2.41. The Labute approximate surface area is 186 Å². The number of aliphatic imine (C=N–C) groups is 1. The molecule has 1 aromatic carbocycles. The highest BCUT2D eigenvalue weighted by molar-refractivity contribution is 14.0. The second-order valence-corrected chi connectivity index (χ2v) is 8.22. The number of sulfone groups is 1. The number of hydrogen-bond acceptors (Lipinski definition) is 6. The Morgan fingerprint density at radius 2 is 2.00 bits per heavy atom. The number of aromatic amines is 1. The smallest absolute Gasteiger partial charge is 0.216 e. The number of halogens is 1. The summed E-state index contributed by atoms with van der Waals surface area (Å²) < 4.78 is 28.7. The van der Waals surface area contributed by atoms with Crippen LogP contribution in [-0.4, -0.2) is 42.9 Å². The van der Waals surface area contributed by atoms with Crippen molar-refractivity contribution in [2.24, 2.45) is 4.99 Å². The number of guanidine groups is 1. The average Bonchev–Trinajstić information content (AvgIpc) is 3.32. The third-order valence-corrected chi connectivity index (χ3v) is 5.28. The minimum atomic E-state index is -3.22. The molecular weight excluding hydrogens is 507 g/mol. The fraction of sp³-hybridized carbons (Fsp3) is 0.278. The van der Waals surface area contributed by atoms with Crippen LogP contribution in [0.4, 0.5) is 0 Å². The maximum absolute atomic E-state index is 11.7. The summed E-state index contributed by atoms with van der Waals surface area (Å²) in [6, 6.07) is 8.83. The summed E-state index contributed by atoms with van der Waals surface area (Å²) in [6.07, 6.45) is 2.78. The van der Waals surface area contributed by atoms with Gasteiger partial charge in [-0.25, -0.2) is 13.4 Å². The lowest BCUT2D eigenvalue weighted by atomic mass is 10.1. The summed E-state index contributed by atoms with van der Waals surface area (Å²) in [7, 11) is -1.55. The molecule has 2 heterocycles. The van der Waals surface area contributed by atoms with Crippen LogP contribution in [0.25, 0.3) is 11.6 Å². The van der Waals surface area contributed by atoms with Gasteiger partial charge in [-0.15, -0.1) is 29.1 Å². The van der Waals surface area contributed by atoms with Crippen LogP contribution in [0, 0.1) is 6.92 Å². The van der Waals surface area contributed by atoms with Gasteiger partial charge in [0, 0.05) is 19.8 Å². The van der Waals surface area contributed by atoms with Gasteiger partial charge in [0.25, 0.3) is 0 Å². The van der Waals surface area contributed by atoms with Crippen molar-refractivity contribution in [2.75, 3.05) is 13.3 Å². The van der Waals surface area contributed by atoms with E-state index in [0.717, 1.165) is 11.1 Å². The van der Waals surface area contributed by atoms with Gasteiger partial charge in [-0.3, -0.25) is 10.1 Å². The van der Waals surface area contributed by atoms with Gasteiger partial charge in [-0.05, 0) is 36.2 Å². The molecule has 0 unspecified atom stereocenters. The van der Waals surface area contributed by atoms with E-state index < -0.39 is 9.84 Å². The molecule has 0 fully saturated rings. The summed E-state index contributed by atoms with van der Waals surface area (Å²) in [5.41, 5.74) is 1.67. The minimum absolute atomic E-state index is 0. The van der Waals surface area contributed by atoms with Gasteiger partial charge in [0.2, 0.25) is 5.82 Å². The minimum Gasteiger partial charge on any atom is -0.461 e. The highest BCUT2D eigenvalue weighted by Crippen LogP contribution is 2.16. The standard InChI is InChI=1S/C18H22N6O3S.HI/c1-12-9-13(6-7-15(12)28(3,25)26)10-20-18(19-2)21-11-16-22-17(24-23-16)14-5-4-8-27-14;/h4-9H,10-11H2,1-3H3,(H2,19,20,21)(H,22,23,24);1H. The number of nitrogens with zero attached hydrogens (tertiary/aromatic N) is 3. The zero-order valence-electron chi connectivity index (χ0n) is 16.3. The first kappa shape index (κ1) is 22.9. The van der Waals surface area contributed by atoms with Gasteiger partial charge >= 0.3 is 0 Å². The fourth-order valence-corrected chi connectivity index (χ4v) is 3.66. The van der Waals surface area contributed by atoms with Gasteiger partial charge in [0.1, 0.15) is 5.82 Å². The van der Waals surface area contributed by atoms with E-state index in [2.05, 4.69) is 30.8 Å². The number of hydrogen-bond donors (Lipinski definition) is 3. The molecule has 0 bridgehead atoms. The van der Waals surface area contributed by atoms with Crippen molar-refractivity contribution in [1.29, 1.82) is 0 Å². The molecule has 156 valence electrons. The first-order valence-corrected chi connectivity index (χ1v) is 10.4. The lowest BCUT2D eigenvalue weighted by Gasteiger charge is -2.12. The lowest BCUT2D eigenvalue weighted by Crippen LogP contribution is -2.36. The van der Waals surface area contributed by atoms with E-state index in [1.54, 1.807) is 44.5 Å². The van der Waals surface area contributed by atoms with Crippen molar-refractivity contribution >= 4 is 39.8 Å². The molecule has 0 spiro atoms. The second kappa shape index (κ2) is 9.87. The summed E-state index contributed by atoms with van der Waals surface area (Å²) in [5, 5.41) is 13.3. The van der Waals surface area contributed by atoms with Crippen LogP contribution in [0.15, 0.2) is 50.9 Å². The van der Waals surface area contributed by atoms with Crippen LogP contribution >= 0.6 is 24.0 Å². The van der Waals surface area contributed by atoms with E-state index in [4.69, 9.17) is 4.42 Å². The molecule has 3 aromatic rings. The molecule has 0 aliphatic carbocycles. The van der Waals surface area contributed by atoms with Crippen LogP contribution < -0.4 is 10.6 Å². The topological polar surface area (TPSA) is 125 Å². The first-order valence-electron chi connectivity index (χ1n) is 8.56. The molecule has 0 atom stereocenters. The molecule has 0 radical (unpaired) electrons. The van der Waals surface area contributed by atoms with Crippen LogP contribution in [0.3, 0.4) is 0 Å². The lowest BCUT2D eigenvalue weighted by molar-refractivity contribution is 0.577. The summed E-state index contributed by atoms with van der Waals surface area (Å²) in [4.78, 5) is 8.87. The molecule has 3 rings (SSSR count). The molecule has 0 saturated heterocycles. The molecule has 0 amide bonds. The molecule has 3 N–H and O–H groups in total. The molecule has 0 aliphatic rings. The van der Waals surface area contributed by atoms with E-state index in [9.17, 15) is 8.42 Å². The van der Waals surface area contributed by atoms with Crippen molar-refractivity contribution in [3.63, 3.8) is 0 Å². The molecule has 9 nitrogen and oxygen atoms in total. The van der Waals surface area contributed by atoms with Gasteiger partial charge in [-0.1, -0.05) is 12.1 Å². The summed E-state index contributed by atoms with van der Waals surface area (Å²) >= 11 is 0. The van der Waals surface area contributed by atoms with Crippen LogP contribution in [0.5, 0.6) is 0 Å². The van der Waals surface area contributed by atoms with Crippen LogP contribution in [0.1, 0.15) is 17.0 Å². The normalized spacial score (nSPS) is 11.8. The highest BCUT2D eigenvalue weighted by atomic mass is 127. The summed E-state index contributed by atoms with van der Waals surface area (Å²) in [6.45, 7) is 2.69. The zero-order valence-corrected chi connectivity index (χ0v) is 19.4. The number of aryl methyl sites for hydroxylation is 1. The van der Waals surface area contributed by atoms with Crippen LogP contribution in [-0.2, 0) is 22.9 Å². The number of benzene rings is 1. The number of furan rings is 1. The third-order valence-electron chi connectivity index (χ3n) is 4.02. The van der Waals surface area contributed by atoms with Crippen molar-refractivity contribution in [3.05, 3.63) is 53.5 Å². The largest absolute Gasteiger partial charge is 0.461 e. The SMILES string of the molecule is CN=C(NCc1ccc(S(C)(=O)=O)c(C)c1)NCc1nc(-c2ccco2)n[nH]1.I. The Kier molecular flexibility index (Phi) is 7.79. The van der Waals surface area contributed by atoms with Gasteiger partial charge in [0.05, 0.1) is 17.7 Å². The fourth-order valence-electron chi connectivity index (χ4n) is 2.70. The van der Waals surface area contributed by atoms with Crippen LogP contribution in [0.2, 0.25) is 0 Å². The van der Waals surface area contributed by atoms with Gasteiger partial charge in [-0.2, -0.15) is 0 Å². The van der Waals surface area contributed by atoms with Crippen molar-refractivity contribution in [2.45, 2.75) is 24.9 Å². The Bertz CT molecular complexity index is 1080. The van der Waals surface area contributed by atoms with E-state index >= 15 is 0 Å². The molecule has 11 heteroatoms. The van der Waals surface area contributed by atoms with Crippen molar-refractivity contribution in [3.8, 4) is 11.6 Å². The summed E-state index contributed by atoms with van der Waals surface area (Å²) in [5.74, 6) is 2.31. The monoisotopic (exact) mass is 530 g/mol. The quantitative estimate of drug-likeness (QED) is 0.254. The number of H-pyrrole nitrogens is 1. The number of aromatic nitrogens is 3. The second-order valence-electron chi connectivity index (χ2n) is 6.23. The van der Waals surface area contributed by atoms with E-state index in [0.29, 0.717) is 41.4 Å². The maximum Gasteiger partial charge on any atom is 0.216 e. The predicted octanol–water partition coefficient (Wildman–Crippen LogP) is 2.26. The van der Waals surface area contributed by atoms with E-state index in [1.807, 2.05) is 6.07 Å². The first-order chi connectivity index (χ1) is 13.4. The van der Waals surface area contributed by atoms with Crippen molar-refractivity contribution < 1.29 is 12.8 Å². The Morgan fingerprint density at radius 1 is 1.24 bits per heavy atom. The highest BCUT2D eigenvalue weighted by Gasteiger charge is 2.11. The van der Waals surface area contributed by atoms with Gasteiger partial charge in [0.15, 0.2) is 21.6 Å². The number of rotatable bonds is 6. The Morgan fingerprint density at radius 3 is 2.62 bits per heavy atom. The molecule has 0 aliphatic heterocycles. The molecule has 0 saturated carbocycles. The third kappa shape index (κ3) is 6.03. The van der Waals surface area contributed by atoms with Crippen molar-refractivity contribution in [1.82, 2.24) is 25.8 Å². The predicted molar refractivity (Wildman–Crippen MR) is 121 cm³/mol.